The summed E-state index contributed by atoms with van der Waals surface area (Å²) in [7, 11) is 3.69. The molecule has 2 N–H and O–H groups in total. The Bertz CT molecular complexity index is 1080. The van der Waals surface area contributed by atoms with Gasteiger partial charge in [0.2, 0.25) is 0 Å². The van der Waals surface area contributed by atoms with Crippen molar-refractivity contribution in [2.45, 2.75) is 27.7 Å². The van der Waals surface area contributed by atoms with Gasteiger partial charge in [-0.3, -0.25) is 14.6 Å². The van der Waals surface area contributed by atoms with Crippen LogP contribution in [0.1, 0.15) is 38.2 Å². The lowest BCUT2D eigenvalue weighted by Gasteiger charge is -2.19. The molecule has 3 rings (SSSR count). The van der Waals surface area contributed by atoms with Gasteiger partial charge in [-0.25, -0.2) is 0 Å². The Hall–Kier alpha value is -3.47. The van der Waals surface area contributed by atoms with Crippen LogP contribution in [-0.4, -0.2) is 19.9 Å². The third-order valence-electron chi connectivity index (χ3n) is 5.41. The summed E-state index contributed by atoms with van der Waals surface area (Å²) in [6.45, 7) is 7.77. The zero-order chi connectivity index (χ0) is 21.8. The van der Waals surface area contributed by atoms with Crippen LogP contribution in [0.3, 0.4) is 0 Å². The van der Waals surface area contributed by atoms with E-state index in [1.54, 1.807) is 0 Å². The molecule has 156 valence electrons. The first-order valence-electron chi connectivity index (χ1n) is 9.93. The number of hydrogen-bond acceptors (Lipinski definition) is 5. The fourth-order valence-corrected chi connectivity index (χ4v) is 3.56. The molecule has 0 bridgehead atoms. The van der Waals surface area contributed by atoms with Gasteiger partial charge in [-0.2, -0.15) is 0 Å². The van der Waals surface area contributed by atoms with Crippen molar-refractivity contribution in [2.75, 3.05) is 24.7 Å². The van der Waals surface area contributed by atoms with E-state index in [0.29, 0.717) is 22.6 Å². The number of aryl methyl sites for hydroxylation is 1. The van der Waals surface area contributed by atoms with Gasteiger partial charge < -0.3 is 10.6 Å². The lowest BCUT2D eigenvalue weighted by atomic mass is 9.95. The molecule has 0 aliphatic rings. The number of carbonyl (C=O) groups is 1. The Balaban J connectivity index is 2.02. The maximum absolute atomic E-state index is 13.1. The van der Waals surface area contributed by atoms with Crippen molar-refractivity contribution >= 4 is 17.2 Å². The number of anilines is 2. The number of ketones is 1. The standard InChI is InChI=1S/C25H28N2O3/c1-15-12-13-21(26-5)17(3)24(15)29-30-25-16(2)20(14-22(27-6)18(25)4)23(28)19-10-8-7-9-11-19/h7-14,26-27H,1-6H3. The van der Waals surface area contributed by atoms with Gasteiger partial charge in [-0.1, -0.05) is 36.4 Å². The minimum absolute atomic E-state index is 0.0565. The number of hydrogen-bond donors (Lipinski definition) is 2. The second-order valence-electron chi connectivity index (χ2n) is 7.30. The molecule has 0 aliphatic carbocycles. The zero-order valence-corrected chi connectivity index (χ0v) is 18.3. The highest BCUT2D eigenvalue weighted by molar-refractivity contribution is 6.11. The third kappa shape index (κ3) is 3.96. The van der Waals surface area contributed by atoms with Gasteiger partial charge in [0, 0.05) is 53.3 Å². The van der Waals surface area contributed by atoms with Crippen LogP contribution < -0.4 is 20.4 Å². The molecule has 3 aromatic rings. The largest absolute Gasteiger partial charge is 0.388 e. The Morgan fingerprint density at radius 1 is 0.733 bits per heavy atom. The van der Waals surface area contributed by atoms with Crippen LogP contribution >= 0.6 is 0 Å². The predicted molar refractivity (Wildman–Crippen MR) is 122 cm³/mol. The molecule has 0 amide bonds. The van der Waals surface area contributed by atoms with Crippen molar-refractivity contribution < 1.29 is 14.6 Å². The molecule has 5 nitrogen and oxygen atoms in total. The first kappa shape index (κ1) is 21.2. The molecule has 0 heterocycles. The Labute approximate surface area is 178 Å². The van der Waals surface area contributed by atoms with E-state index in [4.69, 9.17) is 9.78 Å². The fourth-order valence-electron chi connectivity index (χ4n) is 3.56. The molecule has 0 radical (unpaired) electrons. The fraction of sp³-hybridized carbons (Fsp3) is 0.240. The summed E-state index contributed by atoms with van der Waals surface area (Å²) in [5.74, 6) is 1.14. The summed E-state index contributed by atoms with van der Waals surface area (Å²) in [6, 6.07) is 15.1. The first-order chi connectivity index (χ1) is 14.4. The first-order valence-corrected chi connectivity index (χ1v) is 9.93. The molecule has 0 spiro atoms. The molecule has 0 saturated carbocycles. The second kappa shape index (κ2) is 8.91. The highest BCUT2D eigenvalue weighted by Crippen LogP contribution is 2.36. The molecule has 0 aliphatic heterocycles. The lowest BCUT2D eigenvalue weighted by Crippen LogP contribution is -2.12. The van der Waals surface area contributed by atoms with E-state index in [0.717, 1.165) is 33.6 Å². The van der Waals surface area contributed by atoms with Crippen molar-refractivity contribution in [1.29, 1.82) is 0 Å². The predicted octanol–water partition coefficient (Wildman–Crippen LogP) is 5.61. The van der Waals surface area contributed by atoms with E-state index in [-0.39, 0.29) is 5.78 Å². The van der Waals surface area contributed by atoms with E-state index in [1.165, 1.54) is 0 Å². The van der Waals surface area contributed by atoms with Gasteiger partial charge in [0.15, 0.2) is 17.3 Å². The second-order valence-corrected chi connectivity index (χ2v) is 7.30. The topological polar surface area (TPSA) is 59.6 Å². The number of benzene rings is 3. The molecule has 0 atom stereocenters. The summed E-state index contributed by atoms with van der Waals surface area (Å²) in [6.07, 6.45) is 0. The molecule has 3 aromatic carbocycles. The summed E-state index contributed by atoms with van der Waals surface area (Å²) >= 11 is 0. The maximum Gasteiger partial charge on any atom is 0.193 e. The summed E-state index contributed by atoms with van der Waals surface area (Å²) in [5, 5.41) is 6.31. The van der Waals surface area contributed by atoms with E-state index in [2.05, 4.69) is 10.6 Å². The maximum atomic E-state index is 13.1. The van der Waals surface area contributed by atoms with Gasteiger partial charge in [0.05, 0.1) is 0 Å². The average Bonchev–Trinajstić information content (AvgIpc) is 2.76. The van der Waals surface area contributed by atoms with Gasteiger partial charge in [0.25, 0.3) is 0 Å². The van der Waals surface area contributed by atoms with Crippen LogP contribution in [0.25, 0.3) is 0 Å². The minimum atomic E-state index is -0.0565. The lowest BCUT2D eigenvalue weighted by molar-refractivity contribution is -0.102. The van der Waals surface area contributed by atoms with E-state index in [9.17, 15) is 4.79 Å². The summed E-state index contributed by atoms with van der Waals surface area (Å²) in [4.78, 5) is 24.8. The monoisotopic (exact) mass is 404 g/mol. The van der Waals surface area contributed by atoms with Crippen molar-refractivity contribution in [2.24, 2.45) is 0 Å². The highest BCUT2D eigenvalue weighted by atomic mass is 17.2. The molecule has 0 aromatic heterocycles. The van der Waals surface area contributed by atoms with E-state index < -0.39 is 0 Å². The minimum Gasteiger partial charge on any atom is -0.388 e. The SMILES string of the molecule is CNc1ccc(C)c(OOc2c(C)c(NC)cc(C(=O)c3ccccc3)c2C)c1C. The van der Waals surface area contributed by atoms with E-state index in [1.807, 2.05) is 90.3 Å². The van der Waals surface area contributed by atoms with Crippen LogP contribution in [0, 0.1) is 27.7 Å². The molecule has 30 heavy (non-hydrogen) atoms. The molecular weight excluding hydrogens is 376 g/mol. The zero-order valence-electron chi connectivity index (χ0n) is 18.3. The molecule has 5 heteroatoms. The molecular formula is C25H28N2O3. The highest BCUT2D eigenvalue weighted by Gasteiger charge is 2.21. The number of carbonyl (C=O) groups excluding carboxylic acids is 1. The Morgan fingerprint density at radius 3 is 1.97 bits per heavy atom. The smallest absolute Gasteiger partial charge is 0.193 e. The van der Waals surface area contributed by atoms with Crippen molar-refractivity contribution in [1.82, 2.24) is 0 Å². The number of nitrogens with one attached hydrogen (secondary N) is 2. The van der Waals surface area contributed by atoms with Crippen LogP contribution in [0.15, 0.2) is 48.5 Å². The molecule has 0 unspecified atom stereocenters. The average molecular weight is 405 g/mol. The van der Waals surface area contributed by atoms with Crippen LogP contribution in [-0.2, 0) is 0 Å². The summed E-state index contributed by atoms with van der Waals surface area (Å²) < 4.78 is 0. The Kier molecular flexibility index (Phi) is 6.31. The van der Waals surface area contributed by atoms with Gasteiger partial charge in [-0.05, 0) is 45.4 Å². The van der Waals surface area contributed by atoms with Crippen molar-refractivity contribution in [3.05, 3.63) is 81.9 Å². The Morgan fingerprint density at radius 2 is 1.33 bits per heavy atom. The summed E-state index contributed by atoms with van der Waals surface area (Å²) in [5.41, 5.74) is 6.52. The molecule has 0 saturated heterocycles. The van der Waals surface area contributed by atoms with E-state index >= 15 is 0 Å². The van der Waals surface area contributed by atoms with Gasteiger partial charge in [-0.15, -0.1) is 0 Å². The van der Waals surface area contributed by atoms with Gasteiger partial charge in [0.1, 0.15) is 0 Å². The van der Waals surface area contributed by atoms with Gasteiger partial charge >= 0.3 is 0 Å². The van der Waals surface area contributed by atoms with Crippen LogP contribution in [0.2, 0.25) is 0 Å². The van der Waals surface area contributed by atoms with Crippen molar-refractivity contribution in [3.63, 3.8) is 0 Å². The molecule has 0 fully saturated rings. The third-order valence-corrected chi connectivity index (χ3v) is 5.41. The van der Waals surface area contributed by atoms with Crippen LogP contribution in [0.4, 0.5) is 11.4 Å². The van der Waals surface area contributed by atoms with Crippen LogP contribution in [0.5, 0.6) is 11.5 Å². The van der Waals surface area contributed by atoms with Crippen molar-refractivity contribution in [3.8, 4) is 11.5 Å². The number of rotatable bonds is 7. The quantitative estimate of drug-likeness (QED) is 0.305. The normalized spacial score (nSPS) is 10.5.